The highest BCUT2D eigenvalue weighted by Gasteiger charge is 2.17. The Kier molecular flexibility index (Phi) is 5.18. The van der Waals surface area contributed by atoms with Crippen molar-refractivity contribution < 1.29 is 9.53 Å². The number of hydrogen-bond acceptors (Lipinski definition) is 5. The van der Waals surface area contributed by atoms with Crippen LogP contribution in [-0.4, -0.2) is 27.3 Å². The van der Waals surface area contributed by atoms with Crippen molar-refractivity contribution in [3.63, 3.8) is 0 Å². The lowest BCUT2D eigenvalue weighted by Crippen LogP contribution is -2.23. The molecule has 0 spiro atoms. The maximum atomic E-state index is 12.4. The SMILES string of the molecule is Cc1ccc(C)c(OCC(=O)Nc2c(C#N)cnn2-c2ccccn2)c1C. The van der Waals surface area contributed by atoms with Crippen LogP contribution in [0.4, 0.5) is 5.82 Å². The number of anilines is 1. The largest absolute Gasteiger partial charge is 0.483 e. The number of hydrogen-bond donors (Lipinski definition) is 1. The number of nitrogens with zero attached hydrogens (tertiary/aromatic N) is 4. The number of ether oxygens (including phenoxy) is 1. The van der Waals surface area contributed by atoms with Crippen molar-refractivity contribution in [3.8, 4) is 17.6 Å². The maximum absolute atomic E-state index is 12.4. The van der Waals surface area contributed by atoms with E-state index < -0.39 is 0 Å². The third-order valence-corrected chi connectivity index (χ3v) is 4.23. The van der Waals surface area contributed by atoms with Crippen molar-refractivity contribution in [1.29, 1.82) is 5.26 Å². The molecule has 0 aliphatic rings. The highest BCUT2D eigenvalue weighted by molar-refractivity contribution is 5.92. The highest BCUT2D eigenvalue weighted by Crippen LogP contribution is 2.26. The molecule has 3 aromatic rings. The molecule has 7 heteroatoms. The number of benzene rings is 1. The summed E-state index contributed by atoms with van der Waals surface area (Å²) in [7, 11) is 0. The molecule has 7 nitrogen and oxygen atoms in total. The van der Waals surface area contributed by atoms with Crippen LogP contribution in [0.25, 0.3) is 5.82 Å². The van der Waals surface area contributed by atoms with Gasteiger partial charge in [0.15, 0.2) is 18.2 Å². The minimum atomic E-state index is -0.385. The summed E-state index contributed by atoms with van der Waals surface area (Å²) in [6.07, 6.45) is 3.00. The van der Waals surface area contributed by atoms with Crippen LogP contribution in [0, 0.1) is 32.1 Å². The van der Waals surface area contributed by atoms with Crippen LogP contribution < -0.4 is 10.1 Å². The Morgan fingerprint density at radius 1 is 1.22 bits per heavy atom. The molecule has 136 valence electrons. The van der Waals surface area contributed by atoms with Gasteiger partial charge >= 0.3 is 0 Å². The fourth-order valence-electron chi connectivity index (χ4n) is 2.66. The van der Waals surface area contributed by atoms with Gasteiger partial charge in [0, 0.05) is 6.20 Å². The molecular formula is C20H19N5O2. The second kappa shape index (κ2) is 7.70. The number of aromatic nitrogens is 3. The Bertz CT molecular complexity index is 1020. The average Bonchev–Trinajstić information content (AvgIpc) is 3.08. The van der Waals surface area contributed by atoms with Gasteiger partial charge in [0.2, 0.25) is 0 Å². The van der Waals surface area contributed by atoms with E-state index in [0.717, 1.165) is 16.7 Å². The Morgan fingerprint density at radius 3 is 2.70 bits per heavy atom. The molecule has 1 N–H and O–H groups in total. The van der Waals surface area contributed by atoms with E-state index in [9.17, 15) is 10.1 Å². The molecule has 0 fully saturated rings. The van der Waals surface area contributed by atoms with Crippen LogP contribution in [0.5, 0.6) is 5.75 Å². The van der Waals surface area contributed by atoms with Crippen LogP contribution >= 0.6 is 0 Å². The lowest BCUT2D eigenvalue weighted by atomic mass is 10.1. The van der Waals surface area contributed by atoms with Crippen LogP contribution in [-0.2, 0) is 4.79 Å². The second-order valence-corrected chi connectivity index (χ2v) is 6.11. The van der Waals surface area contributed by atoms with Crippen molar-refractivity contribution in [2.24, 2.45) is 0 Å². The summed E-state index contributed by atoms with van der Waals surface area (Å²) in [6, 6.07) is 11.3. The van der Waals surface area contributed by atoms with Crippen molar-refractivity contribution >= 4 is 11.7 Å². The van der Waals surface area contributed by atoms with E-state index in [1.54, 1.807) is 24.4 Å². The zero-order valence-electron chi connectivity index (χ0n) is 15.4. The first-order valence-electron chi connectivity index (χ1n) is 8.40. The fourth-order valence-corrected chi connectivity index (χ4v) is 2.66. The standard InChI is InChI=1S/C20H19N5O2/c1-13-7-8-14(2)19(15(13)3)27-12-18(26)24-20-16(10-21)11-23-25(20)17-6-4-5-9-22-17/h4-9,11H,12H2,1-3H3,(H,24,26). The highest BCUT2D eigenvalue weighted by atomic mass is 16.5. The third kappa shape index (κ3) is 3.80. The first-order chi connectivity index (χ1) is 13.0. The normalized spacial score (nSPS) is 10.3. The Balaban J connectivity index is 1.79. The predicted octanol–water partition coefficient (Wildman–Crippen LogP) is 3.08. The summed E-state index contributed by atoms with van der Waals surface area (Å²) in [5.41, 5.74) is 3.30. The second-order valence-electron chi connectivity index (χ2n) is 6.11. The molecule has 27 heavy (non-hydrogen) atoms. The lowest BCUT2D eigenvalue weighted by molar-refractivity contribution is -0.118. The molecule has 0 aliphatic carbocycles. The Morgan fingerprint density at radius 2 is 2.00 bits per heavy atom. The molecule has 2 heterocycles. The zero-order chi connectivity index (χ0) is 19.4. The van der Waals surface area contributed by atoms with Gasteiger partial charge in [-0.15, -0.1) is 0 Å². The topological polar surface area (TPSA) is 92.8 Å². The summed E-state index contributed by atoms with van der Waals surface area (Å²) in [5, 5.41) is 16.1. The van der Waals surface area contributed by atoms with E-state index in [2.05, 4.69) is 15.4 Å². The quantitative estimate of drug-likeness (QED) is 0.754. The van der Waals surface area contributed by atoms with Crippen molar-refractivity contribution in [2.75, 3.05) is 11.9 Å². The van der Waals surface area contributed by atoms with Gasteiger partial charge in [-0.1, -0.05) is 18.2 Å². The monoisotopic (exact) mass is 361 g/mol. The summed E-state index contributed by atoms with van der Waals surface area (Å²) in [4.78, 5) is 16.6. The van der Waals surface area contributed by atoms with Gasteiger partial charge in [0.05, 0.1) is 6.20 Å². The number of carbonyl (C=O) groups is 1. The van der Waals surface area contributed by atoms with E-state index in [1.807, 2.05) is 39.0 Å². The van der Waals surface area contributed by atoms with Gasteiger partial charge in [-0.05, 0) is 49.6 Å². The van der Waals surface area contributed by atoms with Gasteiger partial charge in [-0.2, -0.15) is 15.0 Å². The summed E-state index contributed by atoms with van der Waals surface area (Å²) < 4.78 is 7.15. The van der Waals surface area contributed by atoms with Gasteiger partial charge in [-0.25, -0.2) is 4.98 Å². The molecule has 1 amide bonds. The lowest BCUT2D eigenvalue weighted by Gasteiger charge is -2.14. The minimum absolute atomic E-state index is 0.177. The zero-order valence-corrected chi connectivity index (χ0v) is 15.4. The molecule has 0 atom stereocenters. The molecular weight excluding hydrogens is 342 g/mol. The number of carbonyl (C=O) groups excluding carboxylic acids is 1. The first-order valence-corrected chi connectivity index (χ1v) is 8.40. The molecule has 0 radical (unpaired) electrons. The molecule has 0 saturated heterocycles. The van der Waals surface area contributed by atoms with Crippen LogP contribution in [0.1, 0.15) is 22.3 Å². The third-order valence-electron chi connectivity index (χ3n) is 4.23. The number of aryl methyl sites for hydroxylation is 2. The Hall–Kier alpha value is -3.66. The summed E-state index contributed by atoms with van der Waals surface area (Å²) in [6.45, 7) is 5.71. The van der Waals surface area contributed by atoms with Gasteiger partial charge < -0.3 is 10.1 Å². The van der Waals surface area contributed by atoms with E-state index in [0.29, 0.717) is 11.6 Å². The van der Waals surface area contributed by atoms with Crippen LogP contribution in [0.15, 0.2) is 42.7 Å². The van der Waals surface area contributed by atoms with Gasteiger partial charge in [0.25, 0.3) is 5.91 Å². The molecule has 0 aliphatic heterocycles. The molecule has 0 saturated carbocycles. The molecule has 0 bridgehead atoms. The number of nitriles is 1. The van der Waals surface area contributed by atoms with E-state index in [-0.39, 0.29) is 23.9 Å². The average molecular weight is 361 g/mol. The van der Waals surface area contributed by atoms with E-state index >= 15 is 0 Å². The van der Waals surface area contributed by atoms with Crippen molar-refractivity contribution in [3.05, 3.63) is 65.0 Å². The van der Waals surface area contributed by atoms with Crippen molar-refractivity contribution in [2.45, 2.75) is 20.8 Å². The van der Waals surface area contributed by atoms with Gasteiger partial charge in [0.1, 0.15) is 17.4 Å². The smallest absolute Gasteiger partial charge is 0.263 e. The summed E-state index contributed by atoms with van der Waals surface area (Å²) in [5.74, 6) is 1.08. The molecule has 3 rings (SSSR count). The molecule has 1 aromatic carbocycles. The predicted molar refractivity (Wildman–Crippen MR) is 101 cm³/mol. The first kappa shape index (κ1) is 18.1. The molecule has 0 unspecified atom stereocenters. The van der Waals surface area contributed by atoms with Gasteiger partial charge in [-0.3, -0.25) is 4.79 Å². The number of amides is 1. The van der Waals surface area contributed by atoms with E-state index in [4.69, 9.17) is 4.74 Å². The van der Waals surface area contributed by atoms with Crippen molar-refractivity contribution in [1.82, 2.24) is 14.8 Å². The number of rotatable bonds is 5. The maximum Gasteiger partial charge on any atom is 0.263 e. The number of nitrogens with one attached hydrogen (secondary N) is 1. The molecule has 2 aromatic heterocycles. The fraction of sp³-hybridized carbons (Fsp3) is 0.200. The van der Waals surface area contributed by atoms with Crippen LogP contribution in [0.3, 0.4) is 0 Å². The van der Waals surface area contributed by atoms with Crippen LogP contribution in [0.2, 0.25) is 0 Å². The number of pyridine rings is 1. The van der Waals surface area contributed by atoms with E-state index in [1.165, 1.54) is 10.9 Å². The summed E-state index contributed by atoms with van der Waals surface area (Å²) >= 11 is 0. The minimum Gasteiger partial charge on any atom is -0.483 e. The Labute approximate surface area is 157 Å².